The fourth-order valence-electron chi connectivity index (χ4n) is 3.59. The molecule has 146 valence electrons. The van der Waals surface area contributed by atoms with Crippen molar-refractivity contribution in [2.75, 3.05) is 29.9 Å². The van der Waals surface area contributed by atoms with E-state index in [0.717, 1.165) is 44.1 Å². The first-order valence-electron chi connectivity index (χ1n) is 9.75. The number of piperidine rings is 1. The average molecular weight is 378 g/mol. The molecule has 4 rings (SSSR count). The third-order valence-electron chi connectivity index (χ3n) is 5.17. The molecule has 2 aromatic heterocycles. The van der Waals surface area contributed by atoms with E-state index >= 15 is 0 Å². The first-order chi connectivity index (χ1) is 13.8. The van der Waals surface area contributed by atoms with E-state index in [0.29, 0.717) is 12.5 Å². The zero-order valence-corrected chi connectivity index (χ0v) is 15.9. The summed E-state index contributed by atoms with van der Waals surface area (Å²) in [5.41, 5.74) is 2.45. The van der Waals surface area contributed by atoms with Gasteiger partial charge in [-0.1, -0.05) is 24.3 Å². The Labute approximate surface area is 165 Å². The second kappa shape index (κ2) is 8.84. The van der Waals surface area contributed by atoms with Gasteiger partial charge in [0.15, 0.2) is 0 Å². The van der Waals surface area contributed by atoms with Gasteiger partial charge < -0.3 is 19.9 Å². The number of benzene rings is 1. The first-order valence-corrected chi connectivity index (χ1v) is 9.75. The van der Waals surface area contributed by atoms with E-state index in [2.05, 4.69) is 54.0 Å². The lowest BCUT2D eigenvalue weighted by molar-refractivity contribution is 0.208. The van der Waals surface area contributed by atoms with Crippen LogP contribution >= 0.6 is 0 Å². The van der Waals surface area contributed by atoms with Crippen molar-refractivity contribution in [1.29, 1.82) is 0 Å². The SMILES string of the molecule is OCC1CCCN(c2cc(NCc3ccc(Cn4ccnc4)cc3)ncn2)C1. The van der Waals surface area contributed by atoms with Crippen LogP contribution in [0, 0.1) is 5.92 Å². The largest absolute Gasteiger partial charge is 0.396 e. The average Bonchev–Trinajstić information content (AvgIpc) is 3.26. The highest BCUT2D eigenvalue weighted by Gasteiger charge is 2.20. The lowest BCUT2D eigenvalue weighted by Gasteiger charge is -2.32. The van der Waals surface area contributed by atoms with Gasteiger partial charge in [0.05, 0.1) is 6.33 Å². The van der Waals surface area contributed by atoms with Gasteiger partial charge in [0, 0.05) is 51.2 Å². The molecule has 2 N–H and O–H groups in total. The van der Waals surface area contributed by atoms with Crippen molar-refractivity contribution < 1.29 is 5.11 Å². The van der Waals surface area contributed by atoms with Gasteiger partial charge in [0.2, 0.25) is 0 Å². The highest BCUT2D eigenvalue weighted by Crippen LogP contribution is 2.22. The number of aliphatic hydroxyl groups is 1. The predicted molar refractivity (Wildman–Crippen MR) is 109 cm³/mol. The second-order valence-electron chi connectivity index (χ2n) is 7.30. The first kappa shape index (κ1) is 18.4. The van der Waals surface area contributed by atoms with Crippen molar-refractivity contribution in [1.82, 2.24) is 19.5 Å². The van der Waals surface area contributed by atoms with Gasteiger partial charge in [-0.25, -0.2) is 15.0 Å². The van der Waals surface area contributed by atoms with Gasteiger partial charge in [0.25, 0.3) is 0 Å². The molecule has 0 radical (unpaired) electrons. The van der Waals surface area contributed by atoms with Crippen molar-refractivity contribution >= 4 is 11.6 Å². The molecule has 3 heterocycles. The van der Waals surface area contributed by atoms with Crippen LogP contribution in [0.25, 0.3) is 0 Å². The normalized spacial score (nSPS) is 16.9. The summed E-state index contributed by atoms with van der Waals surface area (Å²) in [4.78, 5) is 15.1. The summed E-state index contributed by atoms with van der Waals surface area (Å²) in [6.45, 7) is 3.61. The summed E-state index contributed by atoms with van der Waals surface area (Å²) < 4.78 is 2.05. The Kier molecular flexibility index (Phi) is 5.82. The number of aromatic nitrogens is 4. The molecule has 7 heteroatoms. The molecule has 1 unspecified atom stereocenters. The van der Waals surface area contributed by atoms with Crippen LogP contribution in [0.3, 0.4) is 0 Å². The Bertz CT molecular complexity index is 865. The molecule has 28 heavy (non-hydrogen) atoms. The Hall–Kier alpha value is -2.93. The molecule has 0 spiro atoms. The van der Waals surface area contributed by atoms with Crippen LogP contribution in [0.4, 0.5) is 11.6 Å². The van der Waals surface area contributed by atoms with Crippen LogP contribution in [0.1, 0.15) is 24.0 Å². The molecular weight excluding hydrogens is 352 g/mol. The Balaban J connectivity index is 1.34. The minimum Gasteiger partial charge on any atom is -0.396 e. The minimum absolute atomic E-state index is 0.240. The molecule has 1 aromatic carbocycles. The summed E-state index contributed by atoms with van der Waals surface area (Å²) in [6, 6.07) is 10.6. The molecule has 0 bridgehead atoms. The number of nitrogens with one attached hydrogen (secondary N) is 1. The standard InChI is InChI=1S/C21H26N6O/c28-14-19-2-1-8-27(13-19)21-10-20(24-15-25-21)23-11-17-3-5-18(6-4-17)12-26-9-7-22-16-26/h3-7,9-10,15-16,19,28H,1-2,8,11-14H2,(H,23,24,25). The van der Waals surface area contributed by atoms with E-state index < -0.39 is 0 Å². The Morgan fingerprint density at radius 2 is 2.00 bits per heavy atom. The summed E-state index contributed by atoms with van der Waals surface area (Å²) in [6.07, 6.45) is 9.36. The number of imidazole rings is 1. The highest BCUT2D eigenvalue weighted by molar-refractivity contribution is 5.49. The maximum absolute atomic E-state index is 9.44. The van der Waals surface area contributed by atoms with Crippen molar-refractivity contribution in [3.05, 3.63) is 66.5 Å². The number of hydrogen-bond acceptors (Lipinski definition) is 6. The van der Waals surface area contributed by atoms with E-state index in [1.165, 1.54) is 11.1 Å². The lowest BCUT2D eigenvalue weighted by Crippen LogP contribution is -2.37. The number of aliphatic hydroxyl groups excluding tert-OH is 1. The van der Waals surface area contributed by atoms with E-state index in [9.17, 15) is 5.11 Å². The van der Waals surface area contributed by atoms with E-state index in [4.69, 9.17) is 0 Å². The number of anilines is 2. The third-order valence-corrected chi connectivity index (χ3v) is 5.17. The second-order valence-corrected chi connectivity index (χ2v) is 7.30. The number of hydrogen-bond donors (Lipinski definition) is 2. The summed E-state index contributed by atoms with van der Waals surface area (Å²) in [7, 11) is 0. The van der Waals surface area contributed by atoms with Crippen molar-refractivity contribution in [3.63, 3.8) is 0 Å². The summed E-state index contributed by atoms with van der Waals surface area (Å²) >= 11 is 0. The molecule has 7 nitrogen and oxygen atoms in total. The quantitative estimate of drug-likeness (QED) is 0.658. The van der Waals surface area contributed by atoms with Gasteiger partial charge in [-0.2, -0.15) is 0 Å². The lowest BCUT2D eigenvalue weighted by atomic mass is 9.99. The smallest absolute Gasteiger partial charge is 0.134 e. The van der Waals surface area contributed by atoms with Crippen molar-refractivity contribution in [2.45, 2.75) is 25.9 Å². The van der Waals surface area contributed by atoms with Crippen LogP contribution in [-0.2, 0) is 13.1 Å². The minimum atomic E-state index is 0.240. The van der Waals surface area contributed by atoms with Gasteiger partial charge in [-0.05, 0) is 29.9 Å². The van der Waals surface area contributed by atoms with Crippen LogP contribution in [0.2, 0.25) is 0 Å². The van der Waals surface area contributed by atoms with Gasteiger partial charge in [-0.3, -0.25) is 0 Å². The van der Waals surface area contributed by atoms with Crippen LogP contribution in [0.15, 0.2) is 55.4 Å². The fraction of sp³-hybridized carbons (Fsp3) is 0.381. The van der Waals surface area contributed by atoms with E-state index in [-0.39, 0.29) is 6.61 Å². The number of nitrogens with zero attached hydrogens (tertiary/aromatic N) is 5. The topological polar surface area (TPSA) is 79.1 Å². The number of rotatable bonds is 7. The fourth-order valence-corrected chi connectivity index (χ4v) is 3.59. The summed E-state index contributed by atoms with van der Waals surface area (Å²) in [5, 5.41) is 12.8. The maximum Gasteiger partial charge on any atom is 0.134 e. The third kappa shape index (κ3) is 4.67. The predicted octanol–water partition coefficient (Wildman–Crippen LogP) is 2.54. The Morgan fingerprint density at radius 1 is 1.14 bits per heavy atom. The van der Waals surface area contributed by atoms with Crippen molar-refractivity contribution in [2.24, 2.45) is 5.92 Å². The maximum atomic E-state index is 9.44. The monoisotopic (exact) mass is 378 g/mol. The summed E-state index contributed by atoms with van der Waals surface area (Å²) in [5.74, 6) is 2.07. The molecule has 0 amide bonds. The van der Waals surface area contributed by atoms with Crippen LogP contribution in [0.5, 0.6) is 0 Å². The highest BCUT2D eigenvalue weighted by atomic mass is 16.3. The molecule has 1 atom stereocenters. The zero-order valence-electron chi connectivity index (χ0n) is 15.9. The molecule has 3 aromatic rings. The van der Waals surface area contributed by atoms with Gasteiger partial charge in [0.1, 0.15) is 18.0 Å². The molecular formula is C21H26N6O. The van der Waals surface area contributed by atoms with Crippen LogP contribution in [-0.4, -0.2) is 44.3 Å². The zero-order chi connectivity index (χ0) is 19.2. The van der Waals surface area contributed by atoms with Crippen molar-refractivity contribution in [3.8, 4) is 0 Å². The van der Waals surface area contributed by atoms with E-state index in [1.54, 1.807) is 12.5 Å². The Morgan fingerprint density at radius 3 is 2.79 bits per heavy atom. The van der Waals surface area contributed by atoms with E-state index in [1.807, 2.05) is 18.6 Å². The molecule has 1 aliphatic rings. The molecule has 1 aliphatic heterocycles. The molecule has 1 fully saturated rings. The van der Waals surface area contributed by atoms with Gasteiger partial charge >= 0.3 is 0 Å². The van der Waals surface area contributed by atoms with Crippen LogP contribution < -0.4 is 10.2 Å². The van der Waals surface area contributed by atoms with Gasteiger partial charge in [-0.15, -0.1) is 0 Å². The molecule has 0 aliphatic carbocycles. The molecule has 0 saturated carbocycles. The molecule has 1 saturated heterocycles.